The van der Waals surface area contributed by atoms with E-state index < -0.39 is 0 Å². The molecule has 0 amide bonds. The first-order chi connectivity index (χ1) is 14.0. The summed E-state index contributed by atoms with van der Waals surface area (Å²) in [7, 11) is 1.54. The summed E-state index contributed by atoms with van der Waals surface area (Å²) in [4.78, 5) is 0. The number of halogens is 3. The van der Waals surface area contributed by atoms with Crippen molar-refractivity contribution in [1.82, 2.24) is 0 Å². The molecule has 0 saturated carbocycles. The van der Waals surface area contributed by atoms with E-state index in [0.29, 0.717) is 27.1 Å². The number of nitriles is 1. The standard InChI is InChI=1S/C23H16BrCl2NO2/c1-28-22-12-15(10-18(13-27)16-6-8-19(24)9-7-16)11-21(26)23(22)29-14-17-4-2-3-5-20(17)25/h2-12H,14H2,1H3/b18-10+. The lowest BCUT2D eigenvalue weighted by atomic mass is 10.0. The summed E-state index contributed by atoms with van der Waals surface area (Å²) in [6.45, 7) is 0.257. The quantitative estimate of drug-likeness (QED) is 0.268. The Labute approximate surface area is 188 Å². The molecule has 0 fully saturated rings. The minimum Gasteiger partial charge on any atom is -0.493 e. The highest BCUT2D eigenvalue weighted by molar-refractivity contribution is 9.10. The van der Waals surface area contributed by atoms with Gasteiger partial charge in [-0.25, -0.2) is 0 Å². The first-order valence-corrected chi connectivity index (χ1v) is 10.2. The van der Waals surface area contributed by atoms with Gasteiger partial charge in [-0.15, -0.1) is 0 Å². The molecule has 0 saturated heterocycles. The molecule has 3 aromatic rings. The third kappa shape index (κ3) is 5.33. The molecule has 0 heterocycles. The van der Waals surface area contributed by atoms with Crippen LogP contribution in [0.1, 0.15) is 16.7 Å². The second-order valence-electron chi connectivity index (χ2n) is 6.09. The van der Waals surface area contributed by atoms with Gasteiger partial charge in [-0.2, -0.15) is 5.26 Å². The summed E-state index contributed by atoms with van der Waals surface area (Å²) in [5, 5.41) is 10.6. The summed E-state index contributed by atoms with van der Waals surface area (Å²) in [6.07, 6.45) is 1.76. The van der Waals surface area contributed by atoms with Gasteiger partial charge in [0.05, 0.1) is 23.8 Å². The normalized spacial score (nSPS) is 11.1. The summed E-state index contributed by atoms with van der Waals surface area (Å²) in [6, 6.07) is 20.7. The second-order valence-corrected chi connectivity index (χ2v) is 7.82. The lowest BCUT2D eigenvalue weighted by molar-refractivity contribution is 0.285. The first-order valence-electron chi connectivity index (χ1n) is 8.63. The fourth-order valence-corrected chi connectivity index (χ4v) is 3.43. The van der Waals surface area contributed by atoms with Crippen LogP contribution in [0.15, 0.2) is 65.1 Å². The van der Waals surface area contributed by atoms with E-state index in [9.17, 15) is 5.26 Å². The Morgan fingerprint density at radius 3 is 2.45 bits per heavy atom. The van der Waals surface area contributed by atoms with Crippen molar-refractivity contribution in [3.8, 4) is 17.6 Å². The highest BCUT2D eigenvalue weighted by Crippen LogP contribution is 2.38. The average Bonchev–Trinajstić information content (AvgIpc) is 2.72. The summed E-state index contributed by atoms with van der Waals surface area (Å²) >= 11 is 16.0. The summed E-state index contributed by atoms with van der Waals surface area (Å²) < 4.78 is 12.3. The molecule has 0 unspecified atom stereocenters. The molecular formula is C23H16BrCl2NO2. The first kappa shape index (κ1) is 21.3. The van der Waals surface area contributed by atoms with Gasteiger partial charge in [0.1, 0.15) is 6.61 Å². The smallest absolute Gasteiger partial charge is 0.180 e. The van der Waals surface area contributed by atoms with Crippen molar-refractivity contribution in [2.75, 3.05) is 7.11 Å². The van der Waals surface area contributed by atoms with Crippen molar-refractivity contribution in [3.63, 3.8) is 0 Å². The van der Waals surface area contributed by atoms with E-state index in [0.717, 1.165) is 21.2 Å². The zero-order chi connectivity index (χ0) is 20.8. The molecule has 6 heteroatoms. The number of benzene rings is 3. The van der Waals surface area contributed by atoms with Crippen molar-refractivity contribution in [2.24, 2.45) is 0 Å². The lowest BCUT2D eigenvalue weighted by Crippen LogP contribution is -1.99. The van der Waals surface area contributed by atoms with Gasteiger partial charge in [-0.3, -0.25) is 0 Å². The van der Waals surface area contributed by atoms with E-state index in [-0.39, 0.29) is 6.61 Å². The zero-order valence-electron chi connectivity index (χ0n) is 15.5. The van der Waals surface area contributed by atoms with Crippen molar-refractivity contribution in [1.29, 1.82) is 5.26 Å². The Hall–Kier alpha value is -2.45. The van der Waals surface area contributed by atoms with Crippen LogP contribution >= 0.6 is 39.1 Å². The lowest BCUT2D eigenvalue weighted by Gasteiger charge is -2.14. The number of nitrogens with zero attached hydrogens (tertiary/aromatic N) is 1. The number of allylic oxidation sites excluding steroid dienone is 1. The molecule has 0 aromatic heterocycles. The van der Waals surface area contributed by atoms with Crippen molar-refractivity contribution in [3.05, 3.63) is 91.9 Å². The molecule has 146 valence electrons. The van der Waals surface area contributed by atoms with Gasteiger partial charge in [0.25, 0.3) is 0 Å². The van der Waals surface area contributed by atoms with E-state index >= 15 is 0 Å². The highest BCUT2D eigenvalue weighted by Gasteiger charge is 2.13. The Kier molecular flexibility index (Phi) is 7.22. The molecule has 3 nitrogen and oxygen atoms in total. The minimum atomic E-state index is 0.257. The Bertz CT molecular complexity index is 1090. The molecule has 0 aliphatic heterocycles. The van der Waals surface area contributed by atoms with Crippen LogP contribution in [0.5, 0.6) is 11.5 Å². The molecule has 0 spiro atoms. The van der Waals surface area contributed by atoms with Crippen LogP contribution in [0.4, 0.5) is 0 Å². The highest BCUT2D eigenvalue weighted by atomic mass is 79.9. The third-order valence-corrected chi connectivity index (χ3v) is 5.35. The molecule has 29 heavy (non-hydrogen) atoms. The molecule has 0 radical (unpaired) electrons. The van der Waals surface area contributed by atoms with Crippen LogP contribution in [-0.2, 0) is 6.61 Å². The molecule has 0 aliphatic rings. The maximum atomic E-state index is 9.57. The summed E-state index contributed by atoms with van der Waals surface area (Å²) in [5.41, 5.74) is 2.90. The predicted molar refractivity (Wildman–Crippen MR) is 121 cm³/mol. The monoisotopic (exact) mass is 487 g/mol. The topological polar surface area (TPSA) is 42.2 Å². The van der Waals surface area contributed by atoms with E-state index in [4.69, 9.17) is 32.7 Å². The van der Waals surface area contributed by atoms with Crippen molar-refractivity contribution < 1.29 is 9.47 Å². The van der Waals surface area contributed by atoms with Gasteiger partial charge in [0.15, 0.2) is 11.5 Å². The zero-order valence-corrected chi connectivity index (χ0v) is 18.6. The van der Waals surface area contributed by atoms with Gasteiger partial charge in [0.2, 0.25) is 0 Å². The Morgan fingerprint density at radius 1 is 1.07 bits per heavy atom. The number of rotatable bonds is 6. The number of methoxy groups -OCH3 is 1. The average molecular weight is 489 g/mol. The van der Waals surface area contributed by atoms with E-state index in [1.54, 1.807) is 31.4 Å². The van der Waals surface area contributed by atoms with Crippen molar-refractivity contribution >= 4 is 50.8 Å². The second kappa shape index (κ2) is 9.84. The molecule has 3 rings (SSSR count). The largest absolute Gasteiger partial charge is 0.493 e. The van der Waals surface area contributed by atoms with E-state index in [1.165, 1.54) is 0 Å². The van der Waals surface area contributed by atoms with Gasteiger partial charge in [-0.1, -0.05) is 69.5 Å². The molecular weight excluding hydrogens is 473 g/mol. The molecule has 0 bridgehead atoms. The number of ether oxygens (including phenoxy) is 2. The van der Waals surface area contributed by atoms with Gasteiger partial charge >= 0.3 is 0 Å². The fraction of sp³-hybridized carbons (Fsp3) is 0.0870. The predicted octanol–water partition coefficient (Wildman–Crippen LogP) is 7.41. The van der Waals surface area contributed by atoms with Crippen LogP contribution in [0.3, 0.4) is 0 Å². The minimum absolute atomic E-state index is 0.257. The molecule has 0 aliphatic carbocycles. The van der Waals surface area contributed by atoms with Gasteiger partial charge < -0.3 is 9.47 Å². The van der Waals surface area contributed by atoms with Crippen LogP contribution in [0.25, 0.3) is 11.6 Å². The number of hydrogen-bond donors (Lipinski definition) is 0. The maximum Gasteiger partial charge on any atom is 0.180 e. The van der Waals surface area contributed by atoms with Crippen LogP contribution < -0.4 is 9.47 Å². The number of hydrogen-bond acceptors (Lipinski definition) is 3. The maximum absolute atomic E-state index is 9.57. The van der Waals surface area contributed by atoms with E-state index in [1.807, 2.05) is 42.5 Å². The van der Waals surface area contributed by atoms with Gasteiger partial charge in [0, 0.05) is 15.1 Å². The third-order valence-electron chi connectivity index (χ3n) is 4.17. The SMILES string of the molecule is COc1cc(/C=C(\C#N)c2ccc(Br)cc2)cc(Cl)c1OCc1ccccc1Cl. The van der Waals surface area contributed by atoms with E-state index in [2.05, 4.69) is 22.0 Å². The van der Waals surface area contributed by atoms with Crippen LogP contribution in [0, 0.1) is 11.3 Å². The van der Waals surface area contributed by atoms with Crippen molar-refractivity contribution in [2.45, 2.75) is 6.61 Å². The summed E-state index contributed by atoms with van der Waals surface area (Å²) in [5.74, 6) is 0.900. The fourth-order valence-electron chi connectivity index (χ4n) is 2.70. The molecule has 0 N–H and O–H groups in total. The Morgan fingerprint density at radius 2 is 1.79 bits per heavy atom. The van der Waals surface area contributed by atoms with Crippen LogP contribution in [-0.4, -0.2) is 7.11 Å². The van der Waals surface area contributed by atoms with Gasteiger partial charge in [-0.05, 0) is 47.5 Å². The molecule has 3 aromatic carbocycles. The van der Waals surface area contributed by atoms with Crippen LogP contribution in [0.2, 0.25) is 10.0 Å². The molecule has 0 atom stereocenters. The Balaban J connectivity index is 1.90.